The van der Waals surface area contributed by atoms with Crippen LogP contribution in [0.15, 0.2) is 109 Å². The summed E-state index contributed by atoms with van der Waals surface area (Å²) in [6.45, 7) is 17.8. The smallest absolute Gasteiger partial charge is 0.493 e. The third-order valence-electron chi connectivity index (χ3n) is 8.28. The van der Waals surface area contributed by atoms with E-state index in [2.05, 4.69) is 119 Å². The number of hydrogen-bond acceptors (Lipinski definition) is 0. The molecule has 4 aromatic rings. The zero-order chi connectivity index (χ0) is 35.4. The van der Waals surface area contributed by atoms with Gasteiger partial charge in [-0.1, -0.05) is 123 Å². The van der Waals surface area contributed by atoms with Crippen LogP contribution in [-0.2, 0) is 42.2 Å². The topological polar surface area (TPSA) is 25.3 Å². The van der Waals surface area contributed by atoms with E-state index in [1.807, 2.05) is 56.3 Å². The van der Waals surface area contributed by atoms with Crippen molar-refractivity contribution < 1.29 is 21.2 Å². The van der Waals surface area contributed by atoms with Crippen LogP contribution in [0, 0.1) is 37.5 Å². The van der Waals surface area contributed by atoms with E-state index in [9.17, 15) is 5.53 Å². The molecule has 5 rings (SSSR count). The van der Waals surface area contributed by atoms with Crippen molar-refractivity contribution in [1.29, 1.82) is 0 Å². The van der Waals surface area contributed by atoms with Crippen LogP contribution in [-0.4, -0.2) is 4.70 Å². The summed E-state index contributed by atoms with van der Waals surface area (Å²) in [4.78, 5) is 0. The van der Waals surface area contributed by atoms with Crippen LogP contribution in [0.25, 0.3) is 16.9 Å². The van der Waals surface area contributed by atoms with Crippen LogP contribution >= 0.6 is 0 Å². The number of allylic oxidation sites excluding steroid dienone is 2. The maximum Gasteiger partial charge on any atom is 2.00 e. The molecule has 0 saturated heterocycles. The first-order valence-electron chi connectivity index (χ1n) is 17.6. The van der Waals surface area contributed by atoms with E-state index in [4.69, 9.17) is 0 Å². The van der Waals surface area contributed by atoms with Crippen LogP contribution in [0.2, 0.25) is 0 Å². The molecule has 0 atom stereocenters. The molecule has 0 spiro atoms. The third-order valence-corrected chi connectivity index (χ3v) is 8.28. The van der Waals surface area contributed by atoms with E-state index < -0.39 is 0 Å². The van der Waals surface area contributed by atoms with Gasteiger partial charge in [-0.15, -0.1) is 11.8 Å². The van der Waals surface area contributed by atoms with Crippen LogP contribution in [0.3, 0.4) is 0 Å². The van der Waals surface area contributed by atoms with E-state index >= 15 is 0 Å². The molecular weight excluding hydrogens is 651 g/mol. The van der Waals surface area contributed by atoms with Crippen LogP contribution in [0.5, 0.6) is 0 Å². The Labute approximate surface area is 313 Å². The van der Waals surface area contributed by atoms with Crippen molar-refractivity contribution in [1.82, 2.24) is 0 Å². The average molecular weight is 704 g/mol. The zero-order valence-electron chi connectivity index (χ0n) is 30.6. The molecule has 0 bridgehead atoms. The van der Waals surface area contributed by atoms with Crippen molar-refractivity contribution in [3.8, 4) is 23.7 Å². The number of rotatable bonds is 10. The quantitative estimate of drug-likeness (QED) is 0.0517. The first-order valence-corrected chi connectivity index (χ1v) is 17.6. The number of aryl methyl sites for hydroxylation is 2. The molecule has 260 valence electrons. The molecule has 1 aliphatic heterocycles. The van der Waals surface area contributed by atoms with Crippen LogP contribution in [0.1, 0.15) is 105 Å². The minimum atomic E-state index is 0. The second-order valence-electron chi connectivity index (χ2n) is 11.9. The molecule has 0 unspecified atom stereocenters. The minimum Gasteiger partial charge on any atom is -0.493 e. The number of unbranched alkanes of at least 4 members (excludes halogenated alkanes) is 2. The number of benzene rings is 4. The summed E-state index contributed by atoms with van der Waals surface area (Å²) in [7, 11) is 0. The summed E-state index contributed by atoms with van der Waals surface area (Å²) in [6.07, 6.45) is 10.3. The van der Waals surface area contributed by atoms with Gasteiger partial charge in [-0.25, -0.2) is 4.70 Å². The Kier molecular flexibility index (Phi) is 19.3. The maximum absolute atomic E-state index is 11.5. The summed E-state index contributed by atoms with van der Waals surface area (Å²) in [5.74, 6) is 12.3. The van der Waals surface area contributed by atoms with Gasteiger partial charge in [0.15, 0.2) is 0 Å². The van der Waals surface area contributed by atoms with Gasteiger partial charge >= 0.3 is 16.5 Å². The maximum atomic E-state index is 11.5. The first kappa shape index (κ1) is 41.7. The van der Waals surface area contributed by atoms with Gasteiger partial charge in [-0.3, -0.25) is 0 Å². The predicted molar refractivity (Wildman–Crippen MR) is 210 cm³/mol. The largest absolute Gasteiger partial charge is 2.00 e. The van der Waals surface area contributed by atoms with Crippen molar-refractivity contribution in [3.05, 3.63) is 173 Å². The number of hydrogen-bond donors (Lipinski definition) is 0. The summed E-state index contributed by atoms with van der Waals surface area (Å²) < 4.78 is 1.39. The SMILES string of the molecule is CC#Cc1cc(C#CC)cc(C2=C(CCCCC)C=C(c3cc(CC)cc(CC)c3)[N+]2=[N-])c1.[CH2-]Cc1ccccc1.[CH2-]Cc1ccccc1.[Ni+2]. The van der Waals surface area contributed by atoms with E-state index in [0.717, 1.165) is 84.2 Å². The van der Waals surface area contributed by atoms with E-state index in [0.29, 0.717) is 0 Å². The second-order valence-corrected chi connectivity index (χ2v) is 11.9. The van der Waals surface area contributed by atoms with Gasteiger partial charge in [0.1, 0.15) is 0 Å². The molecule has 3 heteroatoms. The van der Waals surface area contributed by atoms with Gasteiger partial charge in [0.05, 0.1) is 0 Å². The van der Waals surface area contributed by atoms with E-state index in [-0.39, 0.29) is 16.5 Å². The Morgan fingerprint density at radius 1 is 0.620 bits per heavy atom. The fraction of sp³-hybridized carbons (Fsp3) is 0.277. The Morgan fingerprint density at radius 3 is 1.52 bits per heavy atom. The summed E-state index contributed by atoms with van der Waals surface area (Å²) in [6, 6.07) is 33.2. The molecule has 0 saturated carbocycles. The second kappa shape index (κ2) is 23.1. The van der Waals surface area contributed by atoms with Gasteiger partial charge in [-0.2, -0.15) is 12.8 Å². The summed E-state index contributed by atoms with van der Waals surface area (Å²) in [5, 5.41) is 0. The molecule has 0 aromatic heterocycles. The van der Waals surface area contributed by atoms with Gasteiger partial charge in [0.2, 0.25) is 11.4 Å². The van der Waals surface area contributed by atoms with Crippen LogP contribution in [0.4, 0.5) is 0 Å². The molecule has 4 aromatic carbocycles. The van der Waals surface area contributed by atoms with Gasteiger partial charge in [-0.05, 0) is 81.0 Å². The van der Waals surface area contributed by atoms with Crippen molar-refractivity contribution in [3.63, 3.8) is 0 Å². The normalized spacial score (nSPS) is 11.3. The molecule has 0 radical (unpaired) electrons. The average Bonchev–Trinajstić information content (AvgIpc) is 3.48. The van der Waals surface area contributed by atoms with Gasteiger partial charge < -0.3 is 19.4 Å². The minimum absolute atomic E-state index is 0. The zero-order valence-corrected chi connectivity index (χ0v) is 31.6. The molecule has 2 nitrogen and oxygen atoms in total. The van der Waals surface area contributed by atoms with E-state index in [1.165, 1.54) is 33.4 Å². The molecule has 0 amide bonds. The standard InChI is InChI=1S/C31H34N2.2C8H9.Ni/c1-6-11-12-15-27-22-30(28-18-23(9-4)16-24(10-5)19-28)33(32)31(27)29-20-25(13-7-2)17-26(21-29)14-8-3;2*1-2-8-6-4-3-5-7-8;/h16-22H,6,9-12,15H2,1-5H3;2*3-7H,1-2H2;/q;2*-1;+2. The Bertz CT molecular complexity index is 1740. The first-order chi connectivity index (χ1) is 23.9. The molecule has 1 aliphatic rings. The van der Waals surface area contributed by atoms with Crippen molar-refractivity contribution in [2.24, 2.45) is 0 Å². The fourth-order valence-electron chi connectivity index (χ4n) is 5.63. The Morgan fingerprint density at radius 2 is 1.12 bits per heavy atom. The van der Waals surface area contributed by atoms with E-state index in [1.54, 1.807) is 0 Å². The molecule has 0 aliphatic carbocycles. The molecule has 50 heavy (non-hydrogen) atoms. The third kappa shape index (κ3) is 12.8. The van der Waals surface area contributed by atoms with Crippen LogP contribution < -0.4 is 0 Å². The molecule has 1 heterocycles. The monoisotopic (exact) mass is 702 g/mol. The summed E-state index contributed by atoms with van der Waals surface area (Å²) >= 11 is 0. The van der Waals surface area contributed by atoms with Crippen molar-refractivity contribution in [2.45, 2.75) is 86.0 Å². The summed E-state index contributed by atoms with van der Waals surface area (Å²) in [5.41, 5.74) is 23.4. The van der Waals surface area contributed by atoms with Crippen molar-refractivity contribution >= 4 is 11.4 Å². The predicted octanol–water partition coefficient (Wildman–Crippen LogP) is 12.1. The molecule has 0 fully saturated rings. The Balaban J connectivity index is 0.000000415. The molecular formula is C47H52N2Ni. The van der Waals surface area contributed by atoms with Gasteiger partial charge in [0.25, 0.3) is 0 Å². The fourth-order valence-corrected chi connectivity index (χ4v) is 5.63. The Hall–Kier alpha value is -4.43. The number of nitrogens with zero attached hydrogens (tertiary/aromatic N) is 2. The molecule has 0 N–H and O–H groups in total. The van der Waals surface area contributed by atoms with Crippen molar-refractivity contribution in [2.75, 3.05) is 0 Å². The van der Waals surface area contributed by atoms with Gasteiger partial charge in [0, 0.05) is 33.9 Å².